The van der Waals surface area contributed by atoms with Gasteiger partial charge in [0.1, 0.15) is 11.6 Å². The monoisotopic (exact) mass is 289 g/mol. The third-order valence-corrected chi connectivity index (χ3v) is 4.40. The number of thiophene rings is 1. The SMILES string of the molecule is CNc1nc(C2CC2)nc(OCCc2cccs2)c1C. The van der Waals surface area contributed by atoms with E-state index in [9.17, 15) is 0 Å². The first-order chi connectivity index (χ1) is 9.78. The average molecular weight is 289 g/mol. The minimum Gasteiger partial charge on any atom is -0.477 e. The first-order valence-electron chi connectivity index (χ1n) is 6.99. The summed E-state index contributed by atoms with van der Waals surface area (Å²) in [6.07, 6.45) is 3.32. The fourth-order valence-electron chi connectivity index (χ4n) is 2.12. The van der Waals surface area contributed by atoms with E-state index in [-0.39, 0.29) is 0 Å². The third-order valence-electron chi connectivity index (χ3n) is 3.47. The van der Waals surface area contributed by atoms with Crippen LogP contribution in [0.3, 0.4) is 0 Å². The van der Waals surface area contributed by atoms with E-state index in [4.69, 9.17) is 4.74 Å². The highest BCUT2D eigenvalue weighted by molar-refractivity contribution is 7.09. The van der Waals surface area contributed by atoms with Crippen molar-refractivity contribution in [3.63, 3.8) is 0 Å². The second-order valence-corrected chi connectivity index (χ2v) is 6.09. The largest absolute Gasteiger partial charge is 0.477 e. The van der Waals surface area contributed by atoms with Gasteiger partial charge in [0.05, 0.1) is 12.2 Å². The van der Waals surface area contributed by atoms with Crippen LogP contribution in [-0.2, 0) is 6.42 Å². The first-order valence-corrected chi connectivity index (χ1v) is 7.87. The van der Waals surface area contributed by atoms with Gasteiger partial charge in [0.25, 0.3) is 0 Å². The Morgan fingerprint density at radius 2 is 2.25 bits per heavy atom. The number of nitrogens with zero attached hydrogens (tertiary/aromatic N) is 2. The molecular formula is C15H19N3OS. The smallest absolute Gasteiger partial charge is 0.221 e. The molecular weight excluding hydrogens is 270 g/mol. The molecule has 106 valence electrons. The Bertz CT molecular complexity index is 579. The highest BCUT2D eigenvalue weighted by Crippen LogP contribution is 2.39. The minimum absolute atomic E-state index is 0.530. The molecule has 20 heavy (non-hydrogen) atoms. The maximum atomic E-state index is 5.89. The van der Waals surface area contributed by atoms with E-state index in [2.05, 4.69) is 32.8 Å². The number of hydrogen-bond donors (Lipinski definition) is 1. The maximum absolute atomic E-state index is 5.89. The number of anilines is 1. The van der Waals surface area contributed by atoms with Gasteiger partial charge >= 0.3 is 0 Å². The van der Waals surface area contributed by atoms with E-state index in [1.54, 1.807) is 11.3 Å². The normalized spacial score (nSPS) is 14.3. The van der Waals surface area contributed by atoms with Crippen LogP contribution >= 0.6 is 11.3 Å². The molecule has 0 unspecified atom stereocenters. The molecule has 0 radical (unpaired) electrons. The summed E-state index contributed by atoms with van der Waals surface area (Å²) in [5, 5.41) is 5.23. The molecule has 2 aromatic rings. The first kappa shape index (κ1) is 13.4. The summed E-state index contributed by atoms with van der Waals surface area (Å²) in [7, 11) is 1.89. The van der Waals surface area contributed by atoms with Crippen molar-refractivity contribution in [2.24, 2.45) is 0 Å². The van der Waals surface area contributed by atoms with Gasteiger partial charge in [-0.1, -0.05) is 6.07 Å². The van der Waals surface area contributed by atoms with E-state index >= 15 is 0 Å². The van der Waals surface area contributed by atoms with Crippen molar-refractivity contribution in [2.45, 2.75) is 32.1 Å². The molecule has 0 spiro atoms. The second kappa shape index (κ2) is 5.79. The molecule has 2 heterocycles. The van der Waals surface area contributed by atoms with Crippen molar-refractivity contribution in [2.75, 3.05) is 19.0 Å². The van der Waals surface area contributed by atoms with Gasteiger partial charge in [0.15, 0.2) is 0 Å². The van der Waals surface area contributed by atoms with Crippen LogP contribution in [0.4, 0.5) is 5.82 Å². The van der Waals surface area contributed by atoms with Crippen molar-refractivity contribution in [1.29, 1.82) is 0 Å². The Labute approximate surface area is 123 Å². The van der Waals surface area contributed by atoms with Crippen LogP contribution in [0.25, 0.3) is 0 Å². The molecule has 3 rings (SSSR count). The fourth-order valence-corrected chi connectivity index (χ4v) is 2.81. The van der Waals surface area contributed by atoms with Gasteiger partial charge in [-0.3, -0.25) is 0 Å². The van der Waals surface area contributed by atoms with Crippen molar-refractivity contribution >= 4 is 17.2 Å². The Morgan fingerprint density at radius 3 is 2.90 bits per heavy atom. The summed E-state index contributed by atoms with van der Waals surface area (Å²) in [6, 6.07) is 4.20. The summed E-state index contributed by atoms with van der Waals surface area (Å²) in [5.41, 5.74) is 0.989. The Morgan fingerprint density at radius 1 is 1.40 bits per heavy atom. The number of hydrogen-bond acceptors (Lipinski definition) is 5. The summed E-state index contributed by atoms with van der Waals surface area (Å²) in [6.45, 7) is 2.66. The second-order valence-electron chi connectivity index (χ2n) is 5.06. The van der Waals surface area contributed by atoms with Gasteiger partial charge in [-0.2, -0.15) is 4.98 Å². The molecule has 0 aromatic carbocycles. The van der Waals surface area contributed by atoms with Gasteiger partial charge in [0, 0.05) is 24.3 Å². The summed E-state index contributed by atoms with van der Waals surface area (Å²) >= 11 is 1.76. The van der Waals surface area contributed by atoms with Gasteiger partial charge in [-0.25, -0.2) is 4.98 Å². The number of nitrogens with one attached hydrogen (secondary N) is 1. The molecule has 0 bridgehead atoms. The zero-order valence-electron chi connectivity index (χ0n) is 11.8. The van der Waals surface area contributed by atoms with Crippen LogP contribution in [0.15, 0.2) is 17.5 Å². The van der Waals surface area contributed by atoms with E-state index < -0.39 is 0 Å². The molecule has 1 aliphatic carbocycles. The van der Waals surface area contributed by atoms with E-state index in [1.807, 2.05) is 14.0 Å². The lowest BCUT2D eigenvalue weighted by molar-refractivity contribution is 0.306. The molecule has 0 atom stereocenters. The molecule has 1 fully saturated rings. The van der Waals surface area contributed by atoms with Crippen LogP contribution in [0.1, 0.15) is 35.0 Å². The lowest BCUT2D eigenvalue weighted by Gasteiger charge is -2.12. The predicted molar refractivity (Wildman–Crippen MR) is 81.8 cm³/mol. The molecule has 1 N–H and O–H groups in total. The van der Waals surface area contributed by atoms with Crippen LogP contribution < -0.4 is 10.1 Å². The molecule has 0 aliphatic heterocycles. The minimum atomic E-state index is 0.530. The molecule has 0 saturated heterocycles. The Balaban J connectivity index is 1.72. The van der Waals surface area contributed by atoms with Crippen molar-refractivity contribution in [3.8, 4) is 5.88 Å². The van der Waals surface area contributed by atoms with Gasteiger partial charge in [-0.05, 0) is 31.2 Å². The van der Waals surface area contributed by atoms with Gasteiger partial charge in [0.2, 0.25) is 5.88 Å². The van der Waals surface area contributed by atoms with E-state index in [1.165, 1.54) is 17.7 Å². The number of rotatable bonds is 6. The van der Waals surface area contributed by atoms with Crippen molar-refractivity contribution < 1.29 is 4.74 Å². The van der Waals surface area contributed by atoms with Gasteiger partial charge in [-0.15, -0.1) is 11.3 Å². The molecule has 1 aliphatic rings. The standard InChI is InChI=1S/C15H19N3OS/c1-10-13(16-2)17-14(11-5-6-11)18-15(10)19-8-7-12-4-3-9-20-12/h3-4,9,11H,5-8H2,1-2H3,(H,16,17,18). The van der Waals surface area contributed by atoms with Gasteiger partial charge < -0.3 is 10.1 Å². The van der Waals surface area contributed by atoms with Crippen LogP contribution in [0.5, 0.6) is 5.88 Å². The lowest BCUT2D eigenvalue weighted by Crippen LogP contribution is -2.08. The van der Waals surface area contributed by atoms with Crippen molar-refractivity contribution in [1.82, 2.24) is 9.97 Å². The third kappa shape index (κ3) is 2.93. The highest BCUT2D eigenvalue weighted by atomic mass is 32.1. The average Bonchev–Trinajstić information content (AvgIpc) is 3.18. The maximum Gasteiger partial charge on any atom is 0.221 e. The molecule has 1 saturated carbocycles. The molecule has 2 aromatic heterocycles. The Hall–Kier alpha value is -1.62. The number of ether oxygens (including phenoxy) is 1. The Kier molecular flexibility index (Phi) is 3.87. The molecule has 4 nitrogen and oxygen atoms in total. The van der Waals surface area contributed by atoms with Crippen LogP contribution in [-0.4, -0.2) is 23.6 Å². The topological polar surface area (TPSA) is 47.0 Å². The highest BCUT2D eigenvalue weighted by Gasteiger charge is 2.28. The van der Waals surface area contributed by atoms with E-state index in [0.29, 0.717) is 12.5 Å². The zero-order chi connectivity index (χ0) is 13.9. The lowest BCUT2D eigenvalue weighted by atomic mass is 10.3. The summed E-state index contributed by atoms with van der Waals surface area (Å²) < 4.78 is 5.89. The molecule has 0 amide bonds. The van der Waals surface area contributed by atoms with Crippen LogP contribution in [0.2, 0.25) is 0 Å². The summed E-state index contributed by atoms with van der Waals surface area (Å²) in [5.74, 6) is 3.06. The predicted octanol–water partition coefficient (Wildman–Crippen LogP) is 3.39. The van der Waals surface area contributed by atoms with E-state index in [0.717, 1.165) is 29.5 Å². The quantitative estimate of drug-likeness (QED) is 0.885. The zero-order valence-corrected chi connectivity index (χ0v) is 12.7. The number of aromatic nitrogens is 2. The van der Waals surface area contributed by atoms with Crippen LogP contribution in [0, 0.1) is 6.92 Å². The summed E-state index contributed by atoms with van der Waals surface area (Å²) in [4.78, 5) is 10.5. The van der Waals surface area contributed by atoms with Crippen molar-refractivity contribution in [3.05, 3.63) is 33.8 Å². The molecule has 5 heteroatoms. The fraction of sp³-hybridized carbons (Fsp3) is 0.467.